The van der Waals surface area contributed by atoms with Gasteiger partial charge in [-0.3, -0.25) is 4.79 Å². The van der Waals surface area contributed by atoms with E-state index < -0.39 is 0 Å². The molecule has 1 atom stereocenters. The zero-order valence-corrected chi connectivity index (χ0v) is 16.1. The van der Waals surface area contributed by atoms with Crippen molar-refractivity contribution < 1.29 is 9.53 Å². The molecule has 5 heteroatoms. The molecule has 0 spiro atoms. The highest BCUT2D eigenvalue weighted by molar-refractivity contribution is 6.05. The van der Waals surface area contributed by atoms with Crippen LogP contribution < -0.4 is 15.0 Å². The lowest BCUT2D eigenvalue weighted by molar-refractivity contribution is 0.102. The predicted octanol–water partition coefficient (Wildman–Crippen LogP) is 4.82. The SMILES string of the molecule is CCOc1ccccc1NC(=O)c1ccc(N2c3ccccc3CC2C)nc1. The Morgan fingerprint density at radius 2 is 1.93 bits per heavy atom. The number of fused-ring (bicyclic) bond motifs is 1. The molecule has 28 heavy (non-hydrogen) atoms. The first-order chi connectivity index (χ1) is 13.7. The first-order valence-corrected chi connectivity index (χ1v) is 9.53. The van der Waals surface area contributed by atoms with Gasteiger partial charge in [0.05, 0.1) is 17.9 Å². The quantitative estimate of drug-likeness (QED) is 0.697. The van der Waals surface area contributed by atoms with Gasteiger partial charge in [-0.05, 0) is 56.2 Å². The zero-order chi connectivity index (χ0) is 19.5. The van der Waals surface area contributed by atoms with Crippen molar-refractivity contribution >= 4 is 23.1 Å². The molecular formula is C23H23N3O2. The molecule has 1 aromatic heterocycles. The van der Waals surface area contributed by atoms with Crippen LogP contribution in [0.1, 0.15) is 29.8 Å². The smallest absolute Gasteiger partial charge is 0.257 e. The average Bonchev–Trinajstić information content (AvgIpc) is 3.05. The molecule has 0 bridgehead atoms. The Hall–Kier alpha value is -3.34. The molecule has 1 N–H and O–H groups in total. The number of nitrogens with zero attached hydrogens (tertiary/aromatic N) is 2. The number of aromatic nitrogens is 1. The van der Waals surface area contributed by atoms with E-state index in [0.29, 0.717) is 29.6 Å². The molecule has 142 valence electrons. The minimum Gasteiger partial charge on any atom is -0.492 e. The van der Waals surface area contributed by atoms with E-state index in [-0.39, 0.29) is 5.91 Å². The number of para-hydroxylation sites is 3. The van der Waals surface area contributed by atoms with Crippen LogP contribution in [0, 0.1) is 0 Å². The molecule has 1 aliphatic heterocycles. The standard InChI is InChI=1S/C23H23N3O2/c1-3-28-21-11-7-5-9-19(21)25-23(27)18-12-13-22(24-15-18)26-16(2)14-17-8-4-6-10-20(17)26/h4-13,15-16H,3,14H2,1-2H3,(H,25,27). The lowest BCUT2D eigenvalue weighted by Gasteiger charge is -2.23. The number of carbonyl (C=O) groups is 1. The van der Waals surface area contributed by atoms with Crippen molar-refractivity contribution in [3.8, 4) is 5.75 Å². The summed E-state index contributed by atoms with van der Waals surface area (Å²) in [6, 6.07) is 19.9. The Bertz CT molecular complexity index is 985. The molecule has 1 aliphatic rings. The number of hydrogen-bond donors (Lipinski definition) is 1. The van der Waals surface area contributed by atoms with Crippen LogP contribution in [0.2, 0.25) is 0 Å². The molecule has 5 nitrogen and oxygen atoms in total. The van der Waals surface area contributed by atoms with Crippen molar-refractivity contribution in [2.45, 2.75) is 26.3 Å². The summed E-state index contributed by atoms with van der Waals surface area (Å²) in [5.41, 5.74) is 3.67. The van der Waals surface area contributed by atoms with Crippen LogP contribution in [0.15, 0.2) is 66.9 Å². The summed E-state index contributed by atoms with van der Waals surface area (Å²) in [7, 11) is 0. The molecule has 0 saturated carbocycles. The van der Waals surface area contributed by atoms with E-state index in [1.807, 2.05) is 49.4 Å². The Morgan fingerprint density at radius 1 is 1.14 bits per heavy atom. The van der Waals surface area contributed by atoms with Crippen LogP contribution in [-0.4, -0.2) is 23.5 Å². The van der Waals surface area contributed by atoms with Crippen LogP contribution in [-0.2, 0) is 6.42 Å². The largest absolute Gasteiger partial charge is 0.492 e. The highest BCUT2D eigenvalue weighted by atomic mass is 16.5. The van der Waals surface area contributed by atoms with E-state index in [4.69, 9.17) is 4.74 Å². The number of benzene rings is 2. The molecule has 0 saturated heterocycles. The predicted molar refractivity (Wildman–Crippen MR) is 112 cm³/mol. The topological polar surface area (TPSA) is 54.5 Å². The number of nitrogens with one attached hydrogen (secondary N) is 1. The van der Waals surface area contributed by atoms with Gasteiger partial charge in [-0.25, -0.2) is 4.98 Å². The van der Waals surface area contributed by atoms with Gasteiger partial charge in [0, 0.05) is 17.9 Å². The third kappa shape index (κ3) is 3.43. The van der Waals surface area contributed by atoms with Gasteiger partial charge in [-0.2, -0.15) is 0 Å². The van der Waals surface area contributed by atoms with E-state index in [2.05, 4.69) is 40.3 Å². The van der Waals surface area contributed by atoms with Crippen LogP contribution >= 0.6 is 0 Å². The molecule has 0 radical (unpaired) electrons. The van der Waals surface area contributed by atoms with Crippen molar-refractivity contribution in [3.63, 3.8) is 0 Å². The number of amides is 1. The fraction of sp³-hybridized carbons (Fsp3) is 0.217. The molecule has 4 rings (SSSR count). The van der Waals surface area contributed by atoms with Crippen molar-refractivity contribution in [2.24, 2.45) is 0 Å². The summed E-state index contributed by atoms with van der Waals surface area (Å²) >= 11 is 0. The van der Waals surface area contributed by atoms with Gasteiger partial charge >= 0.3 is 0 Å². The van der Waals surface area contributed by atoms with Crippen molar-refractivity contribution in [1.82, 2.24) is 4.98 Å². The van der Waals surface area contributed by atoms with Crippen molar-refractivity contribution in [3.05, 3.63) is 78.0 Å². The van der Waals surface area contributed by atoms with E-state index >= 15 is 0 Å². The summed E-state index contributed by atoms with van der Waals surface area (Å²) in [4.78, 5) is 19.4. The number of hydrogen-bond acceptors (Lipinski definition) is 4. The first kappa shape index (κ1) is 18.0. The van der Waals surface area contributed by atoms with Gasteiger partial charge in [0.1, 0.15) is 11.6 Å². The summed E-state index contributed by atoms with van der Waals surface area (Å²) in [5.74, 6) is 1.30. The average molecular weight is 373 g/mol. The van der Waals surface area contributed by atoms with Crippen molar-refractivity contribution in [2.75, 3.05) is 16.8 Å². The maximum absolute atomic E-state index is 12.6. The fourth-order valence-corrected chi connectivity index (χ4v) is 3.62. The lowest BCUT2D eigenvalue weighted by Crippen LogP contribution is -2.25. The van der Waals surface area contributed by atoms with Crippen LogP contribution in [0.5, 0.6) is 5.75 Å². The minimum absolute atomic E-state index is 0.207. The second-order valence-electron chi connectivity index (χ2n) is 6.84. The maximum Gasteiger partial charge on any atom is 0.257 e. The van der Waals surface area contributed by atoms with Crippen molar-refractivity contribution in [1.29, 1.82) is 0 Å². The van der Waals surface area contributed by atoms with E-state index in [1.54, 1.807) is 6.20 Å². The third-order valence-electron chi connectivity index (χ3n) is 4.90. The molecule has 0 fully saturated rings. The van der Waals surface area contributed by atoms with Gasteiger partial charge in [0.25, 0.3) is 5.91 Å². The number of carbonyl (C=O) groups excluding carboxylic acids is 1. The molecule has 0 aliphatic carbocycles. The van der Waals surface area contributed by atoms with Gasteiger partial charge in [-0.1, -0.05) is 30.3 Å². The fourth-order valence-electron chi connectivity index (χ4n) is 3.62. The molecule has 1 unspecified atom stereocenters. The van der Waals surface area contributed by atoms with Crippen LogP contribution in [0.4, 0.5) is 17.2 Å². The highest BCUT2D eigenvalue weighted by Gasteiger charge is 2.27. The second kappa shape index (κ2) is 7.72. The second-order valence-corrected chi connectivity index (χ2v) is 6.84. The highest BCUT2D eigenvalue weighted by Crippen LogP contribution is 2.37. The third-order valence-corrected chi connectivity index (χ3v) is 4.90. The lowest BCUT2D eigenvalue weighted by atomic mass is 10.1. The van der Waals surface area contributed by atoms with E-state index in [0.717, 1.165) is 12.2 Å². The van der Waals surface area contributed by atoms with Gasteiger partial charge in [0.15, 0.2) is 0 Å². The van der Waals surface area contributed by atoms with Gasteiger partial charge in [-0.15, -0.1) is 0 Å². The Labute approximate surface area is 165 Å². The Morgan fingerprint density at radius 3 is 2.71 bits per heavy atom. The Balaban J connectivity index is 1.53. The summed E-state index contributed by atoms with van der Waals surface area (Å²) in [6.45, 7) is 4.64. The normalized spacial score (nSPS) is 15.2. The Kier molecular flexibility index (Phi) is 4.98. The summed E-state index contributed by atoms with van der Waals surface area (Å²) < 4.78 is 5.57. The van der Waals surface area contributed by atoms with E-state index in [9.17, 15) is 4.79 Å². The van der Waals surface area contributed by atoms with Crippen LogP contribution in [0.3, 0.4) is 0 Å². The number of anilines is 3. The summed E-state index contributed by atoms with van der Waals surface area (Å²) in [5, 5.41) is 2.91. The molecular weight excluding hydrogens is 350 g/mol. The summed E-state index contributed by atoms with van der Waals surface area (Å²) in [6.07, 6.45) is 2.62. The zero-order valence-electron chi connectivity index (χ0n) is 16.1. The molecule has 2 heterocycles. The monoisotopic (exact) mass is 373 g/mol. The number of pyridine rings is 1. The minimum atomic E-state index is -0.207. The molecule has 3 aromatic rings. The number of ether oxygens (including phenoxy) is 1. The maximum atomic E-state index is 12.6. The first-order valence-electron chi connectivity index (χ1n) is 9.53. The molecule has 1 amide bonds. The van der Waals surface area contributed by atoms with Gasteiger partial charge in [0.2, 0.25) is 0 Å². The van der Waals surface area contributed by atoms with Gasteiger partial charge < -0.3 is 15.0 Å². The van der Waals surface area contributed by atoms with Crippen LogP contribution in [0.25, 0.3) is 0 Å². The van der Waals surface area contributed by atoms with E-state index in [1.165, 1.54) is 11.3 Å². The number of rotatable bonds is 5. The molecule has 2 aromatic carbocycles.